The molecule has 0 spiro atoms. The molecule has 1 amide bonds. The molecule has 2 aromatic rings. The molecule has 6 heteroatoms. The summed E-state index contributed by atoms with van der Waals surface area (Å²) in [5.41, 5.74) is 0.182. The Balaban J connectivity index is 1.36. The molecule has 33 heavy (non-hydrogen) atoms. The number of halogens is 1. The summed E-state index contributed by atoms with van der Waals surface area (Å²) in [6.45, 7) is 9.31. The maximum Gasteiger partial charge on any atom is 0.235 e. The predicted octanol–water partition coefficient (Wildman–Crippen LogP) is 4.87. The van der Waals surface area contributed by atoms with E-state index in [1.54, 1.807) is 18.2 Å². The van der Waals surface area contributed by atoms with Gasteiger partial charge in [-0.2, -0.15) is 0 Å². The van der Waals surface area contributed by atoms with E-state index in [1.165, 1.54) is 12.5 Å². The number of rotatable bonds is 7. The average molecular weight is 455 g/mol. The van der Waals surface area contributed by atoms with Crippen LogP contribution in [0.15, 0.2) is 48.5 Å². The van der Waals surface area contributed by atoms with E-state index in [9.17, 15) is 9.18 Å². The third-order valence-electron chi connectivity index (χ3n) is 6.90. The summed E-state index contributed by atoms with van der Waals surface area (Å²) in [4.78, 5) is 15.8. The molecule has 0 saturated carbocycles. The van der Waals surface area contributed by atoms with Crippen molar-refractivity contribution in [2.75, 3.05) is 44.8 Å². The summed E-state index contributed by atoms with van der Waals surface area (Å²) in [7, 11) is 0. The fraction of sp³-hybridized carbons (Fsp3) is 0.519. The van der Waals surface area contributed by atoms with Crippen LogP contribution in [0.25, 0.3) is 0 Å². The van der Waals surface area contributed by atoms with E-state index in [2.05, 4.69) is 24.1 Å². The van der Waals surface area contributed by atoms with Gasteiger partial charge in [0.05, 0.1) is 5.41 Å². The fourth-order valence-corrected chi connectivity index (χ4v) is 5.34. The summed E-state index contributed by atoms with van der Waals surface area (Å²) in [6, 6.07) is 14.0. The molecule has 2 fully saturated rings. The molecule has 2 aliphatic rings. The molecule has 2 unspecified atom stereocenters. The number of hydrogen-bond acceptors (Lipinski definition) is 4. The molecule has 1 N–H and O–H groups in total. The van der Waals surface area contributed by atoms with E-state index in [4.69, 9.17) is 9.47 Å². The molecule has 2 aliphatic heterocycles. The van der Waals surface area contributed by atoms with Crippen LogP contribution in [-0.2, 0) is 14.9 Å². The largest absolute Gasteiger partial charge is 0.492 e. The summed E-state index contributed by atoms with van der Waals surface area (Å²) in [5.74, 6) is 1.70. The van der Waals surface area contributed by atoms with Crippen molar-refractivity contribution < 1.29 is 18.7 Å². The van der Waals surface area contributed by atoms with Gasteiger partial charge >= 0.3 is 0 Å². The van der Waals surface area contributed by atoms with E-state index < -0.39 is 5.41 Å². The number of anilines is 1. The fourth-order valence-electron chi connectivity index (χ4n) is 5.34. The van der Waals surface area contributed by atoms with E-state index in [-0.39, 0.29) is 11.7 Å². The van der Waals surface area contributed by atoms with Gasteiger partial charge < -0.3 is 14.8 Å². The van der Waals surface area contributed by atoms with E-state index >= 15 is 0 Å². The summed E-state index contributed by atoms with van der Waals surface area (Å²) in [5, 5.41) is 3.00. The van der Waals surface area contributed by atoms with Crippen LogP contribution < -0.4 is 10.1 Å². The highest BCUT2D eigenvalue weighted by Gasteiger charge is 2.43. The topological polar surface area (TPSA) is 50.8 Å². The third kappa shape index (κ3) is 5.74. The van der Waals surface area contributed by atoms with Gasteiger partial charge in [0.2, 0.25) is 5.91 Å². The first-order valence-electron chi connectivity index (χ1n) is 12.1. The van der Waals surface area contributed by atoms with Crippen LogP contribution in [0, 0.1) is 17.7 Å². The van der Waals surface area contributed by atoms with Crippen molar-refractivity contribution >= 4 is 11.6 Å². The molecule has 2 atom stereocenters. The minimum Gasteiger partial charge on any atom is -0.492 e. The van der Waals surface area contributed by atoms with Gasteiger partial charge in [-0.25, -0.2) is 4.39 Å². The highest BCUT2D eigenvalue weighted by atomic mass is 19.1. The van der Waals surface area contributed by atoms with Crippen molar-refractivity contribution in [2.45, 2.75) is 38.5 Å². The Morgan fingerprint density at radius 2 is 1.76 bits per heavy atom. The molecule has 0 aliphatic carbocycles. The molecule has 0 bridgehead atoms. The van der Waals surface area contributed by atoms with Gasteiger partial charge in [-0.15, -0.1) is 0 Å². The monoisotopic (exact) mass is 454 g/mol. The van der Waals surface area contributed by atoms with E-state index in [1.807, 2.05) is 24.3 Å². The number of likely N-dealkylation sites (tertiary alicyclic amines) is 1. The Bertz CT molecular complexity index is 917. The third-order valence-corrected chi connectivity index (χ3v) is 6.90. The lowest BCUT2D eigenvalue weighted by Gasteiger charge is -2.36. The maximum absolute atomic E-state index is 14.6. The Hall–Kier alpha value is -2.44. The average Bonchev–Trinajstić information content (AvgIpc) is 2.80. The zero-order chi connectivity index (χ0) is 23.3. The standard InChI is InChI=1S/C27H35FN2O3/c1-20-17-21(2)19-30(18-20)13-16-33-23-9-7-22(8-10-23)29-26(31)27(11-14-32-15-12-27)24-5-3-4-6-25(24)28/h3-10,20-21H,11-19H2,1-2H3,(H,29,31). The molecule has 2 aromatic carbocycles. The molecule has 0 radical (unpaired) electrons. The quantitative estimate of drug-likeness (QED) is 0.649. The van der Waals surface area contributed by atoms with Crippen molar-refractivity contribution in [1.82, 2.24) is 4.90 Å². The SMILES string of the molecule is CC1CC(C)CN(CCOc2ccc(NC(=O)C3(c4ccccc4F)CCOCC3)cc2)C1. The molecule has 2 saturated heterocycles. The summed E-state index contributed by atoms with van der Waals surface area (Å²) >= 11 is 0. The van der Waals surface area contributed by atoms with Crippen LogP contribution >= 0.6 is 0 Å². The van der Waals surface area contributed by atoms with Crippen molar-refractivity contribution in [1.29, 1.82) is 0 Å². The Morgan fingerprint density at radius 1 is 1.09 bits per heavy atom. The predicted molar refractivity (Wildman–Crippen MR) is 128 cm³/mol. The van der Waals surface area contributed by atoms with Crippen LogP contribution in [0.2, 0.25) is 0 Å². The zero-order valence-corrected chi connectivity index (χ0v) is 19.7. The Kier molecular flexibility index (Phi) is 7.66. The Morgan fingerprint density at radius 3 is 2.42 bits per heavy atom. The van der Waals surface area contributed by atoms with Gasteiger partial charge in [0.1, 0.15) is 18.2 Å². The normalized spacial score (nSPS) is 23.1. The van der Waals surface area contributed by atoms with Crippen LogP contribution in [-0.4, -0.2) is 50.3 Å². The number of piperidine rings is 1. The number of nitrogens with zero attached hydrogens (tertiary/aromatic N) is 1. The number of nitrogens with one attached hydrogen (secondary N) is 1. The number of hydrogen-bond donors (Lipinski definition) is 1. The minimum absolute atomic E-state index is 0.196. The molecule has 5 nitrogen and oxygen atoms in total. The molecule has 4 rings (SSSR count). The highest BCUT2D eigenvalue weighted by molar-refractivity contribution is 5.99. The van der Waals surface area contributed by atoms with Gasteiger partial charge in [-0.3, -0.25) is 9.69 Å². The smallest absolute Gasteiger partial charge is 0.235 e. The van der Waals surface area contributed by atoms with Gasteiger partial charge in [-0.1, -0.05) is 32.0 Å². The number of carbonyl (C=O) groups excluding carboxylic acids is 1. The van der Waals surface area contributed by atoms with Crippen LogP contribution in [0.5, 0.6) is 5.75 Å². The number of amides is 1. The molecule has 0 aromatic heterocycles. The van der Waals surface area contributed by atoms with Crippen LogP contribution in [0.1, 0.15) is 38.7 Å². The molecule has 2 heterocycles. The van der Waals surface area contributed by atoms with E-state index in [0.29, 0.717) is 43.9 Å². The first-order valence-corrected chi connectivity index (χ1v) is 12.1. The minimum atomic E-state index is -0.929. The molecular weight excluding hydrogens is 419 g/mol. The number of carbonyl (C=O) groups is 1. The lowest BCUT2D eigenvalue weighted by Crippen LogP contribution is -2.45. The van der Waals surface area contributed by atoms with Crippen LogP contribution in [0.3, 0.4) is 0 Å². The lowest BCUT2D eigenvalue weighted by atomic mass is 9.73. The van der Waals surface area contributed by atoms with Gasteiger partial charge in [-0.05, 0) is 61.4 Å². The van der Waals surface area contributed by atoms with Crippen molar-refractivity contribution in [3.05, 3.63) is 59.9 Å². The van der Waals surface area contributed by atoms with Gasteiger partial charge in [0.25, 0.3) is 0 Å². The first-order chi connectivity index (χ1) is 16.0. The first kappa shape index (κ1) is 23.7. The van der Waals surface area contributed by atoms with Crippen molar-refractivity contribution in [3.8, 4) is 5.75 Å². The van der Waals surface area contributed by atoms with Crippen molar-refractivity contribution in [3.63, 3.8) is 0 Å². The van der Waals surface area contributed by atoms with Gasteiger partial charge in [0.15, 0.2) is 0 Å². The summed E-state index contributed by atoms with van der Waals surface area (Å²) < 4.78 is 26.0. The second-order valence-electron chi connectivity index (χ2n) is 9.71. The highest BCUT2D eigenvalue weighted by Crippen LogP contribution is 2.37. The number of benzene rings is 2. The number of ether oxygens (including phenoxy) is 2. The lowest BCUT2D eigenvalue weighted by molar-refractivity contribution is -0.125. The Labute approximate surface area is 196 Å². The molecule has 178 valence electrons. The summed E-state index contributed by atoms with van der Waals surface area (Å²) in [6.07, 6.45) is 2.21. The second-order valence-corrected chi connectivity index (χ2v) is 9.71. The van der Waals surface area contributed by atoms with Crippen molar-refractivity contribution in [2.24, 2.45) is 11.8 Å². The second kappa shape index (κ2) is 10.7. The molecular formula is C27H35FN2O3. The maximum atomic E-state index is 14.6. The van der Waals surface area contributed by atoms with Crippen LogP contribution in [0.4, 0.5) is 10.1 Å². The van der Waals surface area contributed by atoms with E-state index in [0.717, 1.165) is 37.2 Å². The zero-order valence-electron chi connectivity index (χ0n) is 19.7. The van der Waals surface area contributed by atoms with Gasteiger partial charge in [0, 0.05) is 44.1 Å².